The molecule has 3 rings (SSSR count). The summed E-state index contributed by atoms with van der Waals surface area (Å²) in [5.41, 5.74) is 2.08. The zero-order valence-corrected chi connectivity index (χ0v) is 13.1. The fourth-order valence-corrected chi connectivity index (χ4v) is 3.71. The first-order chi connectivity index (χ1) is 9.66. The Kier molecular flexibility index (Phi) is 3.62. The lowest BCUT2D eigenvalue weighted by Crippen LogP contribution is -1.94. The Labute approximate surface area is 125 Å². The van der Waals surface area contributed by atoms with Crippen LogP contribution in [0.4, 0.5) is 0 Å². The first-order valence-corrected chi connectivity index (χ1v) is 8.01. The highest BCUT2D eigenvalue weighted by Crippen LogP contribution is 2.28. The molecule has 5 nitrogen and oxygen atoms in total. The highest BCUT2D eigenvalue weighted by molar-refractivity contribution is 7.98. The first kappa shape index (κ1) is 13.4. The van der Waals surface area contributed by atoms with Gasteiger partial charge in [-0.1, -0.05) is 23.0 Å². The quantitative estimate of drug-likeness (QED) is 0.691. The molecule has 0 unspecified atom stereocenters. The summed E-state index contributed by atoms with van der Waals surface area (Å²) in [6.45, 7) is 3.89. The van der Waals surface area contributed by atoms with Gasteiger partial charge in [0.2, 0.25) is 0 Å². The molecule has 0 radical (unpaired) electrons. The van der Waals surface area contributed by atoms with E-state index in [-0.39, 0.29) is 0 Å². The van der Waals surface area contributed by atoms with Crippen LogP contribution >= 0.6 is 23.1 Å². The van der Waals surface area contributed by atoms with Gasteiger partial charge in [-0.3, -0.25) is 0 Å². The fraction of sp³-hybridized carbons (Fsp3) is 0.308. The van der Waals surface area contributed by atoms with E-state index in [9.17, 15) is 0 Å². The number of thioether (sulfide) groups is 1. The molecule has 0 bridgehead atoms. The number of nitrogens with zero attached hydrogens (tertiary/aromatic N) is 4. The Balaban J connectivity index is 1.79. The normalized spacial score (nSPS) is 11.2. The van der Waals surface area contributed by atoms with Crippen molar-refractivity contribution in [3.05, 3.63) is 34.5 Å². The molecule has 0 atom stereocenters. The largest absolute Gasteiger partial charge is 0.361 e. The van der Waals surface area contributed by atoms with E-state index < -0.39 is 0 Å². The number of hydrogen-bond donors (Lipinski definition) is 0. The van der Waals surface area contributed by atoms with Crippen LogP contribution < -0.4 is 0 Å². The molecule has 0 N–H and O–H groups in total. The molecule has 0 aliphatic carbocycles. The van der Waals surface area contributed by atoms with Crippen molar-refractivity contribution in [2.45, 2.75) is 24.8 Å². The van der Waals surface area contributed by atoms with Gasteiger partial charge in [0.1, 0.15) is 5.76 Å². The van der Waals surface area contributed by atoms with Gasteiger partial charge in [0.05, 0.1) is 10.6 Å². The maximum absolute atomic E-state index is 5.17. The van der Waals surface area contributed by atoms with Crippen molar-refractivity contribution < 1.29 is 4.52 Å². The van der Waals surface area contributed by atoms with Crippen LogP contribution in [0.2, 0.25) is 0 Å². The fourth-order valence-electron chi connectivity index (χ4n) is 1.91. The minimum absolute atomic E-state index is 0.789. The van der Waals surface area contributed by atoms with E-state index in [0.717, 1.165) is 38.6 Å². The molecular weight excluding hydrogens is 292 g/mol. The van der Waals surface area contributed by atoms with Gasteiger partial charge in [-0.25, -0.2) is 0 Å². The smallest absolute Gasteiger partial charge is 0.191 e. The number of aromatic nitrogens is 4. The lowest BCUT2D eigenvalue weighted by Gasteiger charge is -2.02. The summed E-state index contributed by atoms with van der Waals surface area (Å²) in [7, 11) is 1.99. The highest BCUT2D eigenvalue weighted by atomic mass is 32.2. The van der Waals surface area contributed by atoms with Crippen molar-refractivity contribution in [3.63, 3.8) is 0 Å². The van der Waals surface area contributed by atoms with Crippen LogP contribution in [0.1, 0.15) is 17.0 Å². The Bertz CT molecular complexity index is 695. The van der Waals surface area contributed by atoms with Crippen molar-refractivity contribution in [1.82, 2.24) is 19.9 Å². The summed E-state index contributed by atoms with van der Waals surface area (Å²) >= 11 is 3.31. The summed E-state index contributed by atoms with van der Waals surface area (Å²) in [5, 5.41) is 15.4. The van der Waals surface area contributed by atoms with Crippen LogP contribution in [0.25, 0.3) is 10.7 Å². The van der Waals surface area contributed by atoms with Gasteiger partial charge in [-0.05, 0) is 25.3 Å². The molecule has 3 aromatic heterocycles. The summed E-state index contributed by atoms with van der Waals surface area (Å²) < 4.78 is 7.20. The third-order valence-electron chi connectivity index (χ3n) is 3.10. The van der Waals surface area contributed by atoms with Crippen LogP contribution in [0.15, 0.2) is 27.2 Å². The van der Waals surface area contributed by atoms with Crippen molar-refractivity contribution in [3.8, 4) is 10.7 Å². The predicted molar refractivity (Wildman–Crippen MR) is 79.9 cm³/mol. The van der Waals surface area contributed by atoms with Crippen molar-refractivity contribution in [2.24, 2.45) is 7.05 Å². The minimum Gasteiger partial charge on any atom is -0.361 e. The highest BCUT2D eigenvalue weighted by Gasteiger charge is 2.14. The number of thiophene rings is 1. The molecule has 0 amide bonds. The lowest BCUT2D eigenvalue weighted by atomic mass is 10.2. The monoisotopic (exact) mass is 306 g/mol. The molecule has 0 aromatic carbocycles. The van der Waals surface area contributed by atoms with Crippen molar-refractivity contribution >= 4 is 23.1 Å². The molecule has 0 saturated heterocycles. The Morgan fingerprint density at radius 2 is 2.20 bits per heavy atom. The summed E-state index contributed by atoms with van der Waals surface area (Å²) in [4.78, 5) is 1.13. The van der Waals surface area contributed by atoms with Crippen LogP contribution in [0.3, 0.4) is 0 Å². The summed E-state index contributed by atoms with van der Waals surface area (Å²) in [6.07, 6.45) is 0. The van der Waals surface area contributed by atoms with Crippen molar-refractivity contribution in [2.75, 3.05) is 0 Å². The first-order valence-electron chi connectivity index (χ1n) is 6.14. The zero-order chi connectivity index (χ0) is 14.1. The van der Waals surface area contributed by atoms with Crippen LogP contribution in [0.5, 0.6) is 0 Å². The van der Waals surface area contributed by atoms with E-state index in [0.29, 0.717) is 0 Å². The van der Waals surface area contributed by atoms with Gasteiger partial charge in [-0.15, -0.1) is 21.5 Å². The Hall–Kier alpha value is -1.60. The van der Waals surface area contributed by atoms with Crippen LogP contribution in [-0.2, 0) is 12.8 Å². The second kappa shape index (κ2) is 5.41. The minimum atomic E-state index is 0.789. The molecule has 7 heteroatoms. The van der Waals surface area contributed by atoms with Gasteiger partial charge in [0.15, 0.2) is 11.0 Å². The average molecular weight is 306 g/mol. The number of rotatable bonds is 4. The lowest BCUT2D eigenvalue weighted by molar-refractivity contribution is 0.392. The number of hydrogen-bond acceptors (Lipinski definition) is 6. The molecule has 0 fully saturated rings. The molecule has 20 heavy (non-hydrogen) atoms. The molecule has 0 aliphatic heterocycles. The standard InChI is InChI=1S/C13H14N4OS2/c1-8-10(9(2)18-16-8)7-20-13-15-14-12(17(13)3)11-5-4-6-19-11/h4-6H,7H2,1-3H3. The Morgan fingerprint density at radius 3 is 2.85 bits per heavy atom. The van der Waals surface area contributed by atoms with E-state index in [1.807, 2.05) is 36.9 Å². The molecule has 104 valence electrons. The third kappa shape index (κ3) is 2.38. The van der Waals surface area contributed by atoms with Gasteiger partial charge in [0, 0.05) is 18.4 Å². The summed E-state index contributed by atoms with van der Waals surface area (Å²) in [5.74, 6) is 2.56. The zero-order valence-electron chi connectivity index (χ0n) is 11.5. The number of aryl methyl sites for hydroxylation is 2. The topological polar surface area (TPSA) is 56.7 Å². The van der Waals surface area contributed by atoms with E-state index in [1.165, 1.54) is 0 Å². The van der Waals surface area contributed by atoms with Gasteiger partial charge >= 0.3 is 0 Å². The van der Waals surface area contributed by atoms with E-state index in [4.69, 9.17) is 4.52 Å². The van der Waals surface area contributed by atoms with Gasteiger partial charge < -0.3 is 9.09 Å². The molecule has 0 aliphatic rings. The average Bonchev–Trinajstić information content (AvgIpc) is 3.12. The third-order valence-corrected chi connectivity index (χ3v) is 5.02. The second-order valence-electron chi connectivity index (χ2n) is 4.43. The van der Waals surface area contributed by atoms with Crippen LogP contribution in [0, 0.1) is 13.8 Å². The molecule has 3 heterocycles. The second-order valence-corrected chi connectivity index (χ2v) is 6.32. The molecule has 0 spiro atoms. The predicted octanol–water partition coefficient (Wildman–Crippen LogP) is 3.44. The summed E-state index contributed by atoms with van der Waals surface area (Å²) in [6, 6.07) is 4.07. The molecular formula is C13H14N4OS2. The maximum atomic E-state index is 5.17. The van der Waals surface area contributed by atoms with E-state index >= 15 is 0 Å². The molecule has 0 saturated carbocycles. The van der Waals surface area contributed by atoms with Crippen LogP contribution in [-0.4, -0.2) is 19.9 Å². The van der Waals surface area contributed by atoms with Gasteiger partial charge in [-0.2, -0.15) is 0 Å². The van der Waals surface area contributed by atoms with E-state index in [2.05, 4.69) is 21.4 Å². The van der Waals surface area contributed by atoms with Crippen molar-refractivity contribution in [1.29, 1.82) is 0 Å². The van der Waals surface area contributed by atoms with Gasteiger partial charge in [0.25, 0.3) is 0 Å². The molecule has 3 aromatic rings. The Morgan fingerprint density at radius 1 is 1.35 bits per heavy atom. The SMILES string of the molecule is Cc1noc(C)c1CSc1nnc(-c2cccs2)n1C. The van der Waals surface area contributed by atoms with E-state index in [1.54, 1.807) is 23.1 Å². The maximum Gasteiger partial charge on any atom is 0.191 e.